The zero-order chi connectivity index (χ0) is 17.5. The standard InChI is InChI=1S/C18H25N3O3.ClH/c1-12(2)23-15-8-6-14(11-16(15)22-5)7-9-18-20-17(21-24-18)10-13(3)19-4;/h6-9,11-13,19H,10H2,1-5H3;1H/b9-7+;. The predicted octanol–water partition coefficient (Wildman–Crippen LogP) is 3.61. The highest BCUT2D eigenvalue weighted by atomic mass is 35.5. The molecule has 0 fully saturated rings. The van der Waals surface area contributed by atoms with Gasteiger partial charge in [-0.2, -0.15) is 4.98 Å². The topological polar surface area (TPSA) is 69.4 Å². The van der Waals surface area contributed by atoms with Crippen LogP contribution in [0.1, 0.15) is 38.0 Å². The van der Waals surface area contributed by atoms with Gasteiger partial charge < -0.3 is 19.3 Å². The lowest BCUT2D eigenvalue weighted by molar-refractivity contribution is 0.230. The van der Waals surface area contributed by atoms with E-state index in [1.165, 1.54) is 0 Å². The third-order valence-electron chi connectivity index (χ3n) is 3.43. The van der Waals surface area contributed by atoms with Crippen LogP contribution in [0.3, 0.4) is 0 Å². The van der Waals surface area contributed by atoms with Gasteiger partial charge in [-0.15, -0.1) is 12.4 Å². The average molecular weight is 368 g/mol. The second-order valence-corrected chi connectivity index (χ2v) is 5.85. The second-order valence-electron chi connectivity index (χ2n) is 5.85. The van der Waals surface area contributed by atoms with Gasteiger partial charge in [-0.25, -0.2) is 0 Å². The fourth-order valence-electron chi connectivity index (χ4n) is 2.10. The van der Waals surface area contributed by atoms with Crippen LogP contribution in [-0.2, 0) is 6.42 Å². The summed E-state index contributed by atoms with van der Waals surface area (Å²) >= 11 is 0. The molecular formula is C18H26ClN3O3. The van der Waals surface area contributed by atoms with Gasteiger partial charge in [0.25, 0.3) is 5.89 Å². The summed E-state index contributed by atoms with van der Waals surface area (Å²) < 4.78 is 16.3. The maximum Gasteiger partial charge on any atom is 0.250 e. The lowest BCUT2D eigenvalue weighted by Crippen LogP contribution is -2.24. The number of likely N-dealkylation sites (N-methyl/N-ethyl adjacent to an activating group) is 1. The van der Waals surface area contributed by atoms with E-state index in [0.717, 1.165) is 17.7 Å². The molecule has 0 aliphatic rings. The van der Waals surface area contributed by atoms with Crippen LogP contribution < -0.4 is 14.8 Å². The number of benzene rings is 1. The summed E-state index contributed by atoms with van der Waals surface area (Å²) in [7, 11) is 3.54. The molecule has 1 aromatic carbocycles. The molecule has 1 heterocycles. The van der Waals surface area contributed by atoms with E-state index in [1.807, 2.05) is 45.2 Å². The van der Waals surface area contributed by atoms with Gasteiger partial charge in [0.2, 0.25) is 0 Å². The number of methoxy groups -OCH3 is 1. The SMILES string of the molecule is CNC(C)Cc1noc(/C=C/c2ccc(OC(C)C)c(OC)c2)n1.Cl. The molecule has 138 valence electrons. The molecule has 0 aliphatic carbocycles. The lowest BCUT2D eigenvalue weighted by atomic mass is 10.2. The van der Waals surface area contributed by atoms with Gasteiger partial charge >= 0.3 is 0 Å². The van der Waals surface area contributed by atoms with Crippen molar-refractivity contribution in [3.63, 3.8) is 0 Å². The summed E-state index contributed by atoms with van der Waals surface area (Å²) in [4.78, 5) is 4.35. The fraction of sp³-hybridized carbons (Fsp3) is 0.444. The molecule has 1 aromatic heterocycles. The third-order valence-corrected chi connectivity index (χ3v) is 3.43. The highest BCUT2D eigenvalue weighted by molar-refractivity contribution is 5.85. The summed E-state index contributed by atoms with van der Waals surface area (Å²) in [5.41, 5.74) is 0.964. The van der Waals surface area contributed by atoms with Crippen molar-refractivity contribution >= 4 is 24.6 Å². The first-order valence-corrected chi connectivity index (χ1v) is 8.04. The molecule has 6 nitrogen and oxygen atoms in total. The Bertz CT molecular complexity index is 686. The van der Waals surface area contributed by atoms with Crippen molar-refractivity contribution < 1.29 is 14.0 Å². The molecule has 1 unspecified atom stereocenters. The van der Waals surface area contributed by atoms with Gasteiger partial charge in [-0.3, -0.25) is 0 Å². The van der Waals surface area contributed by atoms with Crippen LogP contribution in [0.4, 0.5) is 0 Å². The Kier molecular flexibility index (Phi) is 8.45. The third kappa shape index (κ3) is 6.40. The molecule has 1 N–H and O–H groups in total. The second kappa shape index (κ2) is 10.1. The van der Waals surface area contributed by atoms with Crippen molar-refractivity contribution in [1.29, 1.82) is 0 Å². The summed E-state index contributed by atoms with van der Waals surface area (Å²) in [6.45, 7) is 6.03. The van der Waals surface area contributed by atoms with Gasteiger partial charge in [0.1, 0.15) is 0 Å². The Morgan fingerprint density at radius 1 is 1.20 bits per heavy atom. The highest BCUT2D eigenvalue weighted by Crippen LogP contribution is 2.29. The minimum atomic E-state index is 0. The number of hydrogen-bond donors (Lipinski definition) is 1. The minimum Gasteiger partial charge on any atom is -0.493 e. The maximum atomic E-state index is 5.71. The Labute approximate surface area is 155 Å². The predicted molar refractivity (Wildman–Crippen MR) is 101 cm³/mol. The van der Waals surface area contributed by atoms with Crippen molar-refractivity contribution in [2.24, 2.45) is 0 Å². The van der Waals surface area contributed by atoms with Crippen LogP contribution in [0.15, 0.2) is 22.7 Å². The average Bonchev–Trinajstić information content (AvgIpc) is 3.00. The van der Waals surface area contributed by atoms with Gasteiger partial charge in [0, 0.05) is 18.5 Å². The van der Waals surface area contributed by atoms with Crippen molar-refractivity contribution in [3.8, 4) is 11.5 Å². The summed E-state index contributed by atoms with van der Waals surface area (Å²) in [5.74, 6) is 2.59. The number of rotatable bonds is 8. The van der Waals surface area contributed by atoms with E-state index in [-0.39, 0.29) is 18.5 Å². The molecule has 0 bridgehead atoms. The first-order chi connectivity index (χ1) is 11.5. The fourth-order valence-corrected chi connectivity index (χ4v) is 2.10. The number of nitrogens with one attached hydrogen (secondary N) is 1. The molecule has 1 atom stereocenters. The van der Waals surface area contributed by atoms with E-state index in [0.29, 0.717) is 23.5 Å². The summed E-state index contributed by atoms with van der Waals surface area (Å²) in [6.07, 6.45) is 4.51. The van der Waals surface area contributed by atoms with Gasteiger partial charge in [-0.05, 0) is 51.6 Å². The Hall–Kier alpha value is -2.05. The summed E-state index contributed by atoms with van der Waals surface area (Å²) in [5, 5.41) is 7.12. The number of ether oxygens (including phenoxy) is 2. The first-order valence-electron chi connectivity index (χ1n) is 8.04. The molecular weight excluding hydrogens is 342 g/mol. The van der Waals surface area contributed by atoms with E-state index in [2.05, 4.69) is 22.4 Å². The lowest BCUT2D eigenvalue weighted by Gasteiger charge is -2.13. The number of nitrogens with zero attached hydrogens (tertiary/aromatic N) is 2. The smallest absolute Gasteiger partial charge is 0.250 e. The molecule has 2 aromatic rings. The van der Waals surface area contributed by atoms with Crippen molar-refractivity contribution in [1.82, 2.24) is 15.5 Å². The van der Waals surface area contributed by atoms with Gasteiger partial charge in [-0.1, -0.05) is 11.2 Å². The van der Waals surface area contributed by atoms with Crippen molar-refractivity contribution in [2.75, 3.05) is 14.2 Å². The van der Waals surface area contributed by atoms with Gasteiger partial charge in [0.15, 0.2) is 17.3 Å². The number of hydrogen-bond acceptors (Lipinski definition) is 6. The zero-order valence-corrected chi connectivity index (χ0v) is 16.1. The van der Waals surface area contributed by atoms with Crippen LogP contribution >= 0.6 is 12.4 Å². The van der Waals surface area contributed by atoms with Crippen molar-refractivity contribution in [2.45, 2.75) is 39.3 Å². The number of halogens is 1. The molecule has 0 amide bonds. The molecule has 25 heavy (non-hydrogen) atoms. The van der Waals surface area contributed by atoms with Crippen LogP contribution in [0.2, 0.25) is 0 Å². The Morgan fingerprint density at radius 3 is 2.60 bits per heavy atom. The molecule has 0 spiro atoms. The highest BCUT2D eigenvalue weighted by Gasteiger charge is 2.09. The minimum absolute atomic E-state index is 0. The maximum absolute atomic E-state index is 5.71. The summed E-state index contributed by atoms with van der Waals surface area (Å²) in [6, 6.07) is 6.06. The van der Waals surface area contributed by atoms with Crippen LogP contribution in [-0.4, -0.2) is 36.4 Å². The van der Waals surface area contributed by atoms with E-state index >= 15 is 0 Å². The molecule has 0 aliphatic heterocycles. The largest absolute Gasteiger partial charge is 0.493 e. The van der Waals surface area contributed by atoms with Gasteiger partial charge in [0.05, 0.1) is 13.2 Å². The van der Waals surface area contributed by atoms with Crippen LogP contribution in [0.5, 0.6) is 11.5 Å². The first kappa shape index (κ1) is 21.0. The molecule has 0 radical (unpaired) electrons. The normalized spacial score (nSPS) is 12.2. The zero-order valence-electron chi connectivity index (χ0n) is 15.3. The Balaban J connectivity index is 0.00000312. The molecule has 2 rings (SSSR count). The van der Waals surface area contributed by atoms with E-state index < -0.39 is 0 Å². The molecule has 7 heteroatoms. The molecule has 0 saturated carbocycles. The van der Waals surface area contributed by atoms with Crippen LogP contribution in [0, 0.1) is 0 Å². The quantitative estimate of drug-likeness (QED) is 0.768. The van der Waals surface area contributed by atoms with Crippen molar-refractivity contribution in [3.05, 3.63) is 35.5 Å². The van der Waals surface area contributed by atoms with E-state index in [9.17, 15) is 0 Å². The number of aromatic nitrogens is 2. The molecule has 0 saturated heterocycles. The van der Waals surface area contributed by atoms with E-state index in [1.54, 1.807) is 13.2 Å². The van der Waals surface area contributed by atoms with Crippen LogP contribution in [0.25, 0.3) is 12.2 Å². The van der Waals surface area contributed by atoms with E-state index in [4.69, 9.17) is 14.0 Å². The monoisotopic (exact) mass is 367 g/mol. The Morgan fingerprint density at radius 2 is 1.96 bits per heavy atom.